The van der Waals surface area contributed by atoms with Gasteiger partial charge >= 0.3 is 6.36 Å². The number of hydrogen-bond donors (Lipinski definition) is 1. The zero-order valence-electron chi connectivity index (χ0n) is 19.3. The summed E-state index contributed by atoms with van der Waals surface area (Å²) in [6, 6.07) is 2.42. The van der Waals surface area contributed by atoms with Crippen LogP contribution < -0.4 is 10.5 Å². The monoisotopic (exact) mass is 476 g/mol. The Morgan fingerprint density at radius 2 is 1.82 bits per heavy atom. The molecule has 2 N–H and O–H groups in total. The van der Waals surface area contributed by atoms with E-state index in [-0.39, 0.29) is 5.82 Å². The molecular weight excluding hydrogens is 445 g/mol. The number of likely N-dealkylation sites (N-methyl/N-ethyl adjacent to an activating group) is 1. The topological polar surface area (TPSA) is 72.4 Å². The Morgan fingerprint density at radius 3 is 2.47 bits per heavy atom. The summed E-state index contributed by atoms with van der Waals surface area (Å²) in [7, 11) is 2.19. The summed E-state index contributed by atoms with van der Waals surface area (Å²) in [4.78, 5) is 13.8. The molecule has 0 spiro atoms. The molecule has 0 radical (unpaired) electrons. The van der Waals surface area contributed by atoms with Crippen LogP contribution >= 0.6 is 0 Å². The molecule has 1 aliphatic heterocycles. The third kappa shape index (κ3) is 4.37. The number of nitrogens with two attached hydrogens (primary N) is 1. The van der Waals surface area contributed by atoms with E-state index in [9.17, 15) is 13.2 Å². The summed E-state index contributed by atoms with van der Waals surface area (Å²) in [5, 5.41) is 0. The highest BCUT2D eigenvalue weighted by Crippen LogP contribution is 2.62. The first-order chi connectivity index (χ1) is 16.2. The third-order valence-corrected chi connectivity index (χ3v) is 8.13. The van der Waals surface area contributed by atoms with Crippen molar-refractivity contribution in [3.05, 3.63) is 24.3 Å². The van der Waals surface area contributed by atoms with Crippen molar-refractivity contribution in [2.75, 3.05) is 39.0 Å². The Morgan fingerprint density at radius 1 is 1.12 bits per heavy atom. The van der Waals surface area contributed by atoms with Gasteiger partial charge < -0.3 is 19.9 Å². The summed E-state index contributed by atoms with van der Waals surface area (Å²) in [5.74, 6) is 2.27. The zero-order valence-corrected chi connectivity index (χ0v) is 19.3. The number of rotatable bonds is 6. The molecule has 7 nitrogen and oxygen atoms in total. The number of halogens is 3. The second-order valence-corrected chi connectivity index (χ2v) is 10.5. The number of nitrogen functional groups attached to an aromatic ring is 1. The quantitative estimate of drug-likeness (QED) is 0.687. The number of nitrogens with zero attached hydrogens (tertiary/aromatic N) is 5. The summed E-state index contributed by atoms with van der Waals surface area (Å²) in [5.41, 5.74) is 6.74. The van der Waals surface area contributed by atoms with Crippen LogP contribution in [0, 0.1) is 17.8 Å². The Kier molecular flexibility index (Phi) is 5.29. The van der Waals surface area contributed by atoms with Crippen LogP contribution in [-0.4, -0.2) is 70.0 Å². The lowest BCUT2D eigenvalue weighted by atomic mass is 10.1. The van der Waals surface area contributed by atoms with Crippen LogP contribution in [0.15, 0.2) is 18.5 Å². The molecule has 4 fully saturated rings. The van der Waals surface area contributed by atoms with Crippen LogP contribution in [0.3, 0.4) is 0 Å². The number of piperazine rings is 1. The van der Waals surface area contributed by atoms with Gasteiger partial charge in [0.25, 0.3) is 0 Å². The van der Waals surface area contributed by atoms with E-state index in [0.29, 0.717) is 41.1 Å². The molecule has 2 aromatic rings. The van der Waals surface area contributed by atoms with Gasteiger partial charge in [-0.05, 0) is 56.6 Å². The maximum absolute atomic E-state index is 12.8. The van der Waals surface area contributed by atoms with Gasteiger partial charge in [-0.2, -0.15) is 0 Å². The van der Waals surface area contributed by atoms with Crippen molar-refractivity contribution < 1.29 is 17.9 Å². The Balaban J connectivity index is 1.21. The summed E-state index contributed by atoms with van der Waals surface area (Å²) < 4.78 is 44.7. The molecule has 3 aliphatic carbocycles. The number of alkyl halides is 3. The van der Waals surface area contributed by atoms with Crippen molar-refractivity contribution >= 4 is 5.82 Å². The zero-order chi connectivity index (χ0) is 23.6. The average Bonchev–Trinajstić information content (AvgIpc) is 3.62. The molecule has 6 rings (SSSR count). The lowest BCUT2D eigenvalue weighted by molar-refractivity contribution is -0.274. The van der Waals surface area contributed by atoms with Crippen LogP contribution in [0.5, 0.6) is 5.75 Å². The molecule has 2 atom stereocenters. The fourth-order valence-corrected chi connectivity index (χ4v) is 6.04. The molecule has 2 unspecified atom stereocenters. The maximum atomic E-state index is 12.8. The van der Waals surface area contributed by atoms with Gasteiger partial charge in [0.15, 0.2) is 11.6 Å². The minimum Gasteiger partial charge on any atom is -0.402 e. The standard InChI is InChI=1S/C24H31F3N6O/c1-31-4-6-32(7-5-31)16-10-17-18(11-16)22(17)33-13-19(30-21(33)8-14-2-3-14)15-9-20(23(28)29-12-15)34-24(25,26)27/h9,12-14,16-18,22H,2-8,10-11H2,1H3,(H2,28,29). The van der Waals surface area contributed by atoms with Crippen LogP contribution in [-0.2, 0) is 6.42 Å². The predicted octanol–water partition coefficient (Wildman–Crippen LogP) is 3.58. The highest BCUT2D eigenvalue weighted by molar-refractivity contribution is 5.64. The van der Waals surface area contributed by atoms with Crippen molar-refractivity contribution in [3.8, 4) is 17.0 Å². The number of anilines is 1. The van der Waals surface area contributed by atoms with Gasteiger partial charge in [-0.3, -0.25) is 4.90 Å². The predicted molar refractivity (Wildman–Crippen MR) is 121 cm³/mol. The van der Waals surface area contributed by atoms with E-state index in [4.69, 9.17) is 10.7 Å². The van der Waals surface area contributed by atoms with Gasteiger partial charge in [0.05, 0.1) is 5.69 Å². The van der Waals surface area contributed by atoms with Crippen LogP contribution in [0.4, 0.5) is 19.0 Å². The maximum Gasteiger partial charge on any atom is 0.573 e. The van der Waals surface area contributed by atoms with E-state index in [1.807, 2.05) is 6.20 Å². The fraction of sp³-hybridized carbons (Fsp3) is 0.667. The first kappa shape index (κ1) is 22.2. The summed E-state index contributed by atoms with van der Waals surface area (Å²) >= 11 is 0. The van der Waals surface area contributed by atoms with Crippen molar-refractivity contribution in [3.63, 3.8) is 0 Å². The first-order valence-corrected chi connectivity index (χ1v) is 12.3. The van der Waals surface area contributed by atoms with Gasteiger partial charge in [-0.15, -0.1) is 13.2 Å². The smallest absolute Gasteiger partial charge is 0.402 e. The van der Waals surface area contributed by atoms with E-state index in [2.05, 4.69) is 31.1 Å². The molecule has 184 valence electrons. The normalized spacial score (nSPS) is 29.9. The number of aromatic nitrogens is 3. The molecule has 2 aromatic heterocycles. The number of hydrogen-bond acceptors (Lipinski definition) is 6. The van der Waals surface area contributed by atoms with Gasteiger partial charge in [0.1, 0.15) is 5.82 Å². The molecule has 0 bridgehead atoms. The first-order valence-electron chi connectivity index (χ1n) is 12.3. The number of imidazole rings is 1. The van der Waals surface area contributed by atoms with E-state index in [0.717, 1.165) is 38.4 Å². The molecule has 3 saturated carbocycles. The largest absolute Gasteiger partial charge is 0.573 e. The van der Waals surface area contributed by atoms with Crippen molar-refractivity contribution in [1.29, 1.82) is 0 Å². The second kappa shape index (κ2) is 8.12. The van der Waals surface area contributed by atoms with E-state index in [1.165, 1.54) is 37.9 Å². The molecule has 3 heterocycles. The molecular formula is C24H31F3N6O. The number of ether oxygens (including phenoxy) is 1. The van der Waals surface area contributed by atoms with Crippen LogP contribution in [0.2, 0.25) is 0 Å². The fourth-order valence-electron chi connectivity index (χ4n) is 6.04. The van der Waals surface area contributed by atoms with Gasteiger partial charge in [-0.1, -0.05) is 0 Å². The lowest BCUT2D eigenvalue weighted by Crippen LogP contribution is -2.48. The Hall–Kier alpha value is -2.33. The van der Waals surface area contributed by atoms with E-state index in [1.54, 1.807) is 0 Å². The Labute approximate surface area is 197 Å². The van der Waals surface area contributed by atoms with E-state index < -0.39 is 12.1 Å². The Bertz CT molecular complexity index is 1050. The van der Waals surface area contributed by atoms with Crippen LogP contribution in [0.25, 0.3) is 11.3 Å². The number of fused-ring (bicyclic) bond motifs is 1. The minimum atomic E-state index is -4.82. The molecule has 10 heteroatoms. The van der Waals surface area contributed by atoms with E-state index >= 15 is 0 Å². The minimum absolute atomic E-state index is 0.287. The lowest BCUT2D eigenvalue weighted by Gasteiger charge is -2.37. The number of pyridine rings is 1. The van der Waals surface area contributed by atoms with Crippen molar-refractivity contribution in [2.24, 2.45) is 17.8 Å². The highest BCUT2D eigenvalue weighted by atomic mass is 19.4. The van der Waals surface area contributed by atoms with Crippen molar-refractivity contribution in [1.82, 2.24) is 24.3 Å². The summed E-state index contributed by atoms with van der Waals surface area (Å²) in [6.45, 7) is 4.59. The van der Waals surface area contributed by atoms with Gasteiger partial charge in [0.2, 0.25) is 0 Å². The molecule has 0 amide bonds. The third-order valence-electron chi connectivity index (χ3n) is 8.13. The van der Waals surface area contributed by atoms with Crippen molar-refractivity contribution in [2.45, 2.75) is 50.6 Å². The average molecular weight is 477 g/mol. The molecule has 1 saturated heterocycles. The van der Waals surface area contributed by atoms with Gasteiger partial charge in [0, 0.05) is 62.6 Å². The molecule has 0 aromatic carbocycles. The SMILES string of the molecule is CN1CCN(C2CC3C(C2)C3n2cc(-c3cnc(N)c(OC(F)(F)F)c3)nc2CC2CC2)CC1. The molecule has 34 heavy (non-hydrogen) atoms. The summed E-state index contributed by atoms with van der Waals surface area (Å²) in [6.07, 6.45) is 4.48. The van der Waals surface area contributed by atoms with Crippen LogP contribution in [0.1, 0.15) is 37.5 Å². The second-order valence-electron chi connectivity index (χ2n) is 10.5. The highest BCUT2D eigenvalue weighted by Gasteiger charge is 2.58. The molecule has 4 aliphatic rings. The van der Waals surface area contributed by atoms with Gasteiger partial charge in [-0.25, -0.2) is 9.97 Å².